The lowest BCUT2D eigenvalue weighted by atomic mass is 9.87. The summed E-state index contributed by atoms with van der Waals surface area (Å²) in [6.45, 7) is 5.75. The van der Waals surface area contributed by atoms with Crippen molar-refractivity contribution in [2.45, 2.75) is 45.2 Å². The molecule has 0 aliphatic carbocycles. The van der Waals surface area contributed by atoms with Gasteiger partial charge >= 0.3 is 0 Å². The maximum absolute atomic E-state index is 13.4. The molecule has 20 heavy (non-hydrogen) atoms. The lowest BCUT2D eigenvalue weighted by molar-refractivity contribution is 0.0770. The first-order valence-corrected chi connectivity index (χ1v) is 7.47. The summed E-state index contributed by atoms with van der Waals surface area (Å²) in [6, 6.07) is 4.06. The van der Waals surface area contributed by atoms with E-state index in [1.165, 1.54) is 18.6 Å². The molecule has 2 rings (SSSR count). The molecule has 1 aromatic carbocycles. The van der Waals surface area contributed by atoms with Crippen LogP contribution in [0, 0.1) is 17.6 Å². The van der Waals surface area contributed by atoms with Crippen molar-refractivity contribution in [1.82, 2.24) is 4.90 Å². The van der Waals surface area contributed by atoms with Gasteiger partial charge in [-0.15, -0.1) is 0 Å². The molecule has 1 aromatic rings. The molecule has 0 bridgehead atoms. The third-order valence-corrected chi connectivity index (χ3v) is 4.58. The Balaban J connectivity index is 2.16. The zero-order valence-electron chi connectivity index (χ0n) is 12.3. The standard InChI is InChI=1S/C16H24F2N2/c1-3-12-4-5-20(16(6-12)10-19)11(2)13-7-14(17)9-15(18)8-13/h7-9,11-12,16H,3-6,10,19H2,1-2H3. The number of likely N-dealkylation sites (tertiary alicyclic amines) is 1. The van der Waals surface area contributed by atoms with Crippen molar-refractivity contribution in [1.29, 1.82) is 0 Å². The van der Waals surface area contributed by atoms with Crippen LogP contribution >= 0.6 is 0 Å². The number of benzene rings is 1. The molecular weight excluding hydrogens is 258 g/mol. The van der Waals surface area contributed by atoms with Gasteiger partial charge in [0.1, 0.15) is 11.6 Å². The summed E-state index contributed by atoms with van der Waals surface area (Å²) in [6.07, 6.45) is 3.39. The van der Waals surface area contributed by atoms with Gasteiger partial charge < -0.3 is 5.73 Å². The average Bonchev–Trinajstić information content (AvgIpc) is 2.44. The van der Waals surface area contributed by atoms with Crippen molar-refractivity contribution in [2.75, 3.05) is 13.1 Å². The van der Waals surface area contributed by atoms with Crippen LogP contribution in [-0.2, 0) is 0 Å². The van der Waals surface area contributed by atoms with Gasteiger partial charge in [-0.3, -0.25) is 4.90 Å². The Hall–Kier alpha value is -1.00. The molecular formula is C16H24F2N2. The van der Waals surface area contributed by atoms with E-state index in [-0.39, 0.29) is 6.04 Å². The minimum Gasteiger partial charge on any atom is -0.329 e. The Bertz CT molecular complexity index is 430. The first kappa shape index (κ1) is 15.4. The molecule has 112 valence electrons. The second-order valence-electron chi connectivity index (χ2n) is 5.80. The Labute approximate surface area is 120 Å². The van der Waals surface area contributed by atoms with Gasteiger partial charge in [-0.2, -0.15) is 0 Å². The van der Waals surface area contributed by atoms with E-state index in [4.69, 9.17) is 5.73 Å². The fourth-order valence-corrected chi connectivity index (χ4v) is 3.27. The molecule has 0 saturated carbocycles. The Morgan fingerprint density at radius 2 is 1.95 bits per heavy atom. The van der Waals surface area contributed by atoms with E-state index in [1.54, 1.807) is 0 Å². The summed E-state index contributed by atoms with van der Waals surface area (Å²) >= 11 is 0. The minimum absolute atomic E-state index is 0.00782. The van der Waals surface area contributed by atoms with Crippen LogP contribution in [0.2, 0.25) is 0 Å². The summed E-state index contributed by atoms with van der Waals surface area (Å²) in [7, 11) is 0. The van der Waals surface area contributed by atoms with E-state index in [2.05, 4.69) is 11.8 Å². The van der Waals surface area contributed by atoms with E-state index in [0.29, 0.717) is 18.2 Å². The van der Waals surface area contributed by atoms with Gasteiger partial charge in [0, 0.05) is 24.7 Å². The molecule has 1 aliphatic heterocycles. The lowest BCUT2D eigenvalue weighted by Gasteiger charge is -2.42. The normalized spacial score (nSPS) is 25.6. The molecule has 3 unspecified atom stereocenters. The number of rotatable bonds is 4. The third-order valence-electron chi connectivity index (χ3n) is 4.58. The van der Waals surface area contributed by atoms with Crippen LogP contribution < -0.4 is 5.73 Å². The first-order valence-electron chi connectivity index (χ1n) is 7.47. The predicted molar refractivity (Wildman–Crippen MR) is 77.3 cm³/mol. The zero-order valence-corrected chi connectivity index (χ0v) is 12.3. The number of halogens is 2. The van der Waals surface area contributed by atoms with Crippen molar-refractivity contribution >= 4 is 0 Å². The SMILES string of the molecule is CCC1CCN(C(C)c2cc(F)cc(F)c2)C(CN)C1. The fourth-order valence-electron chi connectivity index (χ4n) is 3.27. The molecule has 0 aromatic heterocycles. The summed E-state index contributed by atoms with van der Waals surface area (Å²) < 4.78 is 26.7. The molecule has 0 amide bonds. The summed E-state index contributed by atoms with van der Waals surface area (Å²) in [5, 5.41) is 0. The van der Waals surface area contributed by atoms with Crippen LogP contribution in [-0.4, -0.2) is 24.0 Å². The van der Waals surface area contributed by atoms with E-state index < -0.39 is 11.6 Å². The maximum atomic E-state index is 13.4. The average molecular weight is 282 g/mol. The monoisotopic (exact) mass is 282 g/mol. The third kappa shape index (κ3) is 3.36. The van der Waals surface area contributed by atoms with Gasteiger partial charge in [0.05, 0.1) is 0 Å². The van der Waals surface area contributed by atoms with Gasteiger partial charge in [0.2, 0.25) is 0 Å². The lowest BCUT2D eigenvalue weighted by Crippen LogP contribution is -2.47. The van der Waals surface area contributed by atoms with E-state index in [9.17, 15) is 8.78 Å². The molecule has 2 N–H and O–H groups in total. The second kappa shape index (κ2) is 6.64. The van der Waals surface area contributed by atoms with Crippen LogP contribution in [0.25, 0.3) is 0 Å². The van der Waals surface area contributed by atoms with Crippen LogP contribution in [0.15, 0.2) is 18.2 Å². The molecule has 0 spiro atoms. The molecule has 1 heterocycles. The fraction of sp³-hybridized carbons (Fsp3) is 0.625. The zero-order chi connectivity index (χ0) is 14.7. The molecule has 1 aliphatic rings. The van der Waals surface area contributed by atoms with Crippen molar-refractivity contribution in [3.63, 3.8) is 0 Å². The Kier molecular flexibility index (Phi) is 5.11. The van der Waals surface area contributed by atoms with Crippen molar-refractivity contribution < 1.29 is 8.78 Å². The summed E-state index contributed by atoms with van der Waals surface area (Å²) in [5.74, 6) is -0.310. The largest absolute Gasteiger partial charge is 0.329 e. The van der Waals surface area contributed by atoms with Gasteiger partial charge in [-0.25, -0.2) is 8.78 Å². The van der Waals surface area contributed by atoms with E-state index >= 15 is 0 Å². The first-order chi connectivity index (χ1) is 9.55. The van der Waals surface area contributed by atoms with Crippen LogP contribution in [0.1, 0.15) is 44.7 Å². The summed E-state index contributed by atoms with van der Waals surface area (Å²) in [4.78, 5) is 2.29. The van der Waals surface area contributed by atoms with E-state index in [0.717, 1.165) is 31.4 Å². The number of nitrogens with zero attached hydrogens (tertiary/aromatic N) is 1. The van der Waals surface area contributed by atoms with Crippen LogP contribution in [0.4, 0.5) is 8.78 Å². The molecule has 2 nitrogen and oxygen atoms in total. The smallest absolute Gasteiger partial charge is 0.126 e. The Morgan fingerprint density at radius 1 is 1.30 bits per heavy atom. The number of hydrogen-bond donors (Lipinski definition) is 1. The quantitative estimate of drug-likeness (QED) is 0.916. The molecule has 1 saturated heterocycles. The molecule has 1 fully saturated rings. The highest BCUT2D eigenvalue weighted by molar-refractivity contribution is 5.21. The predicted octanol–water partition coefficient (Wildman–Crippen LogP) is 3.48. The van der Waals surface area contributed by atoms with Crippen molar-refractivity contribution in [3.05, 3.63) is 35.4 Å². The molecule has 3 atom stereocenters. The topological polar surface area (TPSA) is 29.3 Å². The van der Waals surface area contributed by atoms with Crippen LogP contribution in [0.3, 0.4) is 0 Å². The van der Waals surface area contributed by atoms with Crippen LogP contribution in [0.5, 0.6) is 0 Å². The van der Waals surface area contributed by atoms with E-state index in [1.807, 2.05) is 6.92 Å². The number of hydrogen-bond acceptors (Lipinski definition) is 2. The molecule has 4 heteroatoms. The maximum Gasteiger partial charge on any atom is 0.126 e. The van der Waals surface area contributed by atoms with Gasteiger partial charge in [0.25, 0.3) is 0 Å². The van der Waals surface area contributed by atoms with Gasteiger partial charge in [0.15, 0.2) is 0 Å². The van der Waals surface area contributed by atoms with Gasteiger partial charge in [-0.1, -0.05) is 13.3 Å². The molecule has 0 radical (unpaired) electrons. The van der Waals surface area contributed by atoms with Crippen molar-refractivity contribution in [3.8, 4) is 0 Å². The minimum atomic E-state index is -0.514. The Morgan fingerprint density at radius 3 is 2.50 bits per heavy atom. The number of nitrogens with two attached hydrogens (primary N) is 1. The summed E-state index contributed by atoms with van der Waals surface area (Å²) in [5.41, 5.74) is 6.59. The highest BCUT2D eigenvalue weighted by atomic mass is 19.1. The number of piperidine rings is 1. The highest BCUT2D eigenvalue weighted by Crippen LogP contribution is 2.32. The highest BCUT2D eigenvalue weighted by Gasteiger charge is 2.30. The van der Waals surface area contributed by atoms with Gasteiger partial charge in [-0.05, 0) is 49.9 Å². The second-order valence-corrected chi connectivity index (χ2v) is 5.80. The van der Waals surface area contributed by atoms with Crippen molar-refractivity contribution in [2.24, 2.45) is 11.7 Å².